The molecule has 2 aromatic carbocycles. The zero-order chi connectivity index (χ0) is 15.5. The fourth-order valence-electron chi connectivity index (χ4n) is 1.97. The van der Waals surface area contributed by atoms with E-state index in [1.54, 1.807) is 25.1 Å². The summed E-state index contributed by atoms with van der Waals surface area (Å²) in [7, 11) is 0. The second kappa shape index (κ2) is 8.18. The standard InChI is InChI=1S/C15H12BF3NO.K/c1-11-8-12(9-20)6-7-13(11)10-21-15-5-3-2-4-14(15)16(17,18)19;/h2-8H,10H2,1H3;/q-1;+1. The molecule has 0 bridgehead atoms. The van der Waals surface area contributed by atoms with Crippen LogP contribution in [0.4, 0.5) is 12.9 Å². The van der Waals surface area contributed by atoms with E-state index in [2.05, 4.69) is 0 Å². The quantitative estimate of drug-likeness (QED) is 0.766. The molecule has 7 heteroatoms. The summed E-state index contributed by atoms with van der Waals surface area (Å²) in [4.78, 5) is 0. The number of hydrogen-bond acceptors (Lipinski definition) is 2. The summed E-state index contributed by atoms with van der Waals surface area (Å²) in [6, 6.07) is 12.2. The van der Waals surface area contributed by atoms with Gasteiger partial charge in [0.15, 0.2) is 0 Å². The minimum Gasteiger partial charge on any atom is -0.492 e. The fraction of sp³-hybridized carbons (Fsp3) is 0.133. The third-order valence-electron chi connectivity index (χ3n) is 3.13. The van der Waals surface area contributed by atoms with Gasteiger partial charge in [-0.1, -0.05) is 29.7 Å². The van der Waals surface area contributed by atoms with Gasteiger partial charge in [0.2, 0.25) is 0 Å². The Morgan fingerprint density at radius 2 is 1.82 bits per heavy atom. The minimum absolute atomic E-state index is 0. The Hall–Kier alpha value is -0.779. The van der Waals surface area contributed by atoms with Gasteiger partial charge in [-0.2, -0.15) is 5.26 Å². The van der Waals surface area contributed by atoms with E-state index in [0.717, 1.165) is 17.2 Å². The van der Waals surface area contributed by atoms with E-state index in [1.165, 1.54) is 18.2 Å². The van der Waals surface area contributed by atoms with Crippen molar-refractivity contribution in [3.63, 3.8) is 0 Å². The van der Waals surface area contributed by atoms with E-state index in [0.29, 0.717) is 5.56 Å². The van der Waals surface area contributed by atoms with Crippen LogP contribution in [0.2, 0.25) is 0 Å². The number of rotatable bonds is 4. The first-order chi connectivity index (χ1) is 9.91. The van der Waals surface area contributed by atoms with Gasteiger partial charge in [0.25, 0.3) is 0 Å². The molecule has 0 amide bonds. The molecule has 0 saturated heterocycles. The number of nitriles is 1. The van der Waals surface area contributed by atoms with Crippen LogP contribution in [0.1, 0.15) is 16.7 Å². The number of aryl methyl sites for hydroxylation is 1. The van der Waals surface area contributed by atoms with Gasteiger partial charge in [0, 0.05) is 0 Å². The van der Waals surface area contributed by atoms with E-state index in [1.807, 2.05) is 6.07 Å². The molecule has 0 atom stereocenters. The molecule has 0 unspecified atom stereocenters. The van der Waals surface area contributed by atoms with Crippen molar-refractivity contribution in [1.29, 1.82) is 5.26 Å². The molecular formula is C15H12BF3KNO. The molecule has 2 aromatic rings. The van der Waals surface area contributed by atoms with Crippen LogP contribution in [0.25, 0.3) is 0 Å². The number of ether oxygens (including phenoxy) is 1. The maximum atomic E-state index is 12.9. The first-order valence-electron chi connectivity index (χ1n) is 6.33. The van der Waals surface area contributed by atoms with Crippen LogP contribution in [-0.4, -0.2) is 6.98 Å². The molecule has 108 valence electrons. The molecule has 0 spiro atoms. The Morgan fingerprint density at radius 3 is 2.41 bits per heavy atom. The van der Waals surface area contributed by atoms with E-state index in [-0.39, 0.29) is 63.7 Å². The summed E-state index contributed by atoms with van der Waals surface area (Å²) in [6.07, 6.45) is 0. The van der Waals surface area contributed by atoms with Crippen molar-refractivity contribution in [3.05, 3.63) is 59.2 Å². The van der Waals surface area contributed by atoms with Gasteiger partial charge in [0.05, 0.1) is 17.4 Å². The molecule has 2 nitrogen and oxygen atoms in total. The topological polar surface area (TPSA) is 33.0 Å². The largest absolute Gasteiger partial charge is 1.00 e. The number of hydrogen-bond donors (Lipinski definition) is 0. The van der Waals surface area contributed by atoms with Crippen LogP contribution in [-0.2, 0) is 6.61 Å². The zero-order valence-corrected chi connectivity index (χ0v) is 15.4. The van der Waals surface area contributed by atoms with Gasteiger partial charge in [-0.05, 0) is 36.2 Å². The zero-order valence-electron chi connectivity index (χ0n) is 12.3. The van der Waals surface area contributed by atoms with Crippen LogP contribution < -0.4 is 61.6 Å². The number of nitrogens with zero attached hydrogens (tertiary/aromatic N) is 1. The van der Waals surface area contributed by atoms with Gasteiger partial charge in [-0.25, -0.2) is 0 Å². The minimum atomic E-state index is -5.11. The van der Waals surface area contributed by atoms with E-state index < -0.39 is 12.4 Å². The van der Waals surface area contributed by atoms with Crippen molar-refractivity contribution < 1.29 is 69.1 Å². The van der Waals surface area contributed by atoms with Crippen LogP contribution in [0.3, 0.4) is 0 Å². The van der Waals surface area contributed by atoms with Crippen molar-refractivity contribution in [2.75, 3.05) is 0 Å². The second-order valence-electron chi connectivity index (χ2n) is 4.65. The Labute approximate surface area is 169 Å². The monoisotopic (exact) mass is 329 g/mol. The number of para-hydroxylation sites is 1. The van der Waals surface area contributed by atoms with Crippen molar-refractivity contribution in [2.24, 2.45) is 0 Å². The van der Waals surface area contributed by atoms with Crippen molar-refractivity contribution >= 4 is 12.4 Å². The fourth-order valence-corrected chi connectivity index (χ4v) is 1.97. The molecule has 0 fully saturated rings. The van der Waals surface area contributed by atoms with Gasteiger partial charge in [0.1, 0.15) is 6.61 Å². The predicted molar refractivity (Wildman–Crippen MR) is 75.4 cm³/mol. The SMILES string of the molecule is Cc1cc(C#N)ccc1COc1ccccc1[B-](F)(F)F.[K+]. The summed E-state index contributed by atoms with van der Waals surface area (Å²) >= 11 is 0. The molecule has 0 N–H and O–H groups in total. The third kappa shape index (κ3) is 4.86. The Kier molecular flexibility index (Phi) is 7.16. The van der Waals surface area contributed by atoms with Crippen LogP contribution in [0.5, 0.6) is 5.75 Å². The number of benzene rings is 2. The molecule has 0 radical (unpaired) electrons. The van der Waals surface area contributed by atoms with Gasteiger partial charge in [-0.15, -0.1) is 0 Å². The summed E-state index contributed by atoms with van der Waals surface area (Å²) < 4.78 is 44.0. The average molecular weight is 329 g/mol. The Morgan fingerprint density at radius 1 is 1.14 bits per heavy atom. The third-order valence-corrected chi connectivity index (χ3v) is 3.13. The molecule has 0 saturated carbocycles. The molecule has 2 rings (SSSR count). The first kappa shape index (κ1) is 19.3. The predicted octanol–water partition coefficient (Wildman–Crippen LogP) is 0.504. The molecule has 0 aliphatic heterocycles. The van der Waals surface area contributed by atoms with Gasteiger partial charge < -0.3 is 17.7 Å². The van der Waals surface area contributed by atoms with E-state index in [9.17, 15) is 12.9 Å². The summed E-state index contributed by atoms with van der Waals surface area (Å²) in [5.41, 5.74) is 1.33. The summed E-state index contributed by atoms with van der Waals surface area (Å²) in [5, 5.41) is 8.78. The van der Waals surface area contributed by atoms with Crippen LogP contribution in [0, 0.1) is 18.3 Å². The smallest absolute Gasteiger partial charge is 0.492 e. The van der Waals surface area contributed by atoms with E-state index >= 15 is 0 Å². The normalized spacial score (nSPS) is 10.5. The Bertz CT molecular complexity index is 698. The summed E-state index contributed by atoms with van der Waals surface area (Å²) in [6.45, 7) is -3.29. The first-order valence-corrected chi connectivity index (χ1v) is 6.33. The van der Waals surface area contributed by atoms with Crippen LogP contribution >= 0.6 is 0 Å². The van der Waals surface area contributed by atoms with Crippen molar-refractivity contribution in [3.8, 4) is 11.8 Å². The number of halogens is 3. The molecule has 0 heterocycles. The molecule has 22 heavy (non-hydrogen) atoms. The molecular weight excluding hydrogens is 317 g/mol. The Balaban J connectivity index is 0.00000242. The van der Waals surface area contributed by atoms with Gasteiger partial charge >= 0.3 is 58.4 Å². The average Bonchev–Trinajstić information content (AvgIpc) is 2.45. The van der Waals surface area contributed by atoms with E-state index in [4.69, 9.17) is 10.00 Å². The van der Waals surface area contributed by atoms with Gasteiger partial charge in [-0.3, -0.25) is 0 Å². The second-order valence-corrected chi connectivity index (χ2v) is 4.65. The maximum absolute atomic E-state index is 12.9. The summed E-state index contributed by atoms with van der Waals surface area (Å²) in [5.74, 6) is -0.172. The molecule has 0 aromatic heterocycles. The van der Waals surface area contributed by atoms with Crippen molar-refractivity contribution in [2.45, 2.75) is 13.5 Å². The maximum Gasteiger partial charge on any atom is 1.00 e. The van der Waals surface area contributed by atoms with Crippen molar-refractivity contribution in [1.82, 2.24) is 0 Å². The molecule has 0 aliphatic rings. The van der Waals surface area contributed by atoms with Crippen LogP contribution in [0.15, 0.2) is 42.5 Å². The molecule has 0 aliphatic carbocycles.